The maximum atomic E-state index is 3.76. The first kappa shape index (κ1) is 6.00. The van der Waals surface area contributed by atoms with Crippen LogP contribution in [0.15, 0.2) is 0 Å². The molecule has 0 heterocycles. The molecule has 0 nitrogen and oxygen atoms in total. The molecule has 0 aliphatic carbocycles. The maximum absolute atomic E-state index is 3.76. The zero-order chi connectivity index (χ0) is 5.21. The number of hydrogen-bond donors (Lipinski definition) is 0. The van der Waals surface area contributed by atoms with Gasteiger partial charge in [-0.15, -0.1) is 0 Å². The van der Waals surface area contributed by atoms with Gasteiger partial charge in [0.1, 0.15) is 0 Å². The minimum Gasteiger partial charge on any atom is -0.0602 e. The van der Waals surface area contributed by atoms with Gasteiger partial charge in [-0.2, -0.15) is 0 Å². The Labute approximate surface area is 42.0 Å². The fourth-order valence-corrected chi connectivity index (χ4v) is 0. The van der Waals surface area contributed by atoms with E-state index in [-0.39, 0.29) is 1.43 Å². The zero-order valence-corrected chi connectivity index (χ0v) is 4.91. The average molecular weight is 86.2 g/mol. The molecule has 0 saturated heterocycles. The molecule has 0 bridgehead atoms. The maximum Gasteiger partial charge on any atom is 1.00 e. The van der Waals surface area contributed by atoms with E-state index in [9.17, 15) is 0 Å². The highest BCUT2D eigenvalue weighted by atomic mass is 14.1. The molecule has 0 aromatic carbocycles. The molecule has 0 atom stereocenters. The summed E-state index contributed by atoms with van der Waals surface area (Å²) < 4.78 is 0. The minimum absolute atomic E-state index is 0. The second-order valence-corrected chi connectivity index (χ2v) is 2.81. The average Bonchev–Trinajstić information content (AvgIpc) is 1.35. The van der Waals surface area contributed by atoms with Crippen molar-refractivity contribution >= 4 is 0 Å². The van der Waals surface area contributed by atoms with E-state index in [1.165, 1.54) is 0 Å². The first-order chi connectivity index (χ1) is 2.56. The summed E-state index contributed by atoms with van der Waals surface area (Å²) in [4.78, 5) is 0. The first-order valence-electron chi connectivity index (χ1n) is 2.35. The Morgan fingerprint density at radius 3 is 1.67 bits per heavy atom. The lowest BCUT2D eigenvalue weighted by Crippen LogP contribution is -2.00. The van der Waals surface area contributed by atoms with Crippen LogP contribution in [-0.4, -0.2) is 0 Å². The summed E-state index contributed by atoms with van der Waals surface area (Å²) in [6.45, 7) is 10.3. The highest BCUT2D eigenvalue weighted by molar-refractivity contribution is 4.60. The third kappa shape index (κ3) is 4.00. The normalized spacial score (nSPS) is 12.0. The minimum atomic E-state index is 0. The van der Waals surface area contributed by atoms with Gasteiger partial charge >= 0.3 is 1.43 Å². The van der Waals surface area contributed by atoms with E-state index < -0.39 is 0 Å². The topological polar surface area (TPSA) is 0 Å². The molecular formula is C6H14+. The van der Waals surface area contributed by atoms with Gasteiger partial charge in [-0.25, -0.2) is 0 Å². The van der Waals surface area contributed by atoms with E-state index in [0.29, 0.717) is 5.41 Å². The SMILES string of the molecule is [CH2]CC(C)(C)C.[H+]. The largest absolute Gasteiger partial charge is 1.00 e. The number of rotatable bonds is 0. The summed E-state index contributed by atoms with van der Waals surface area (Å²) >= 11 is 0. The lowest BCUT2D eigenvalue weighted by Gasteiger charge is -2.12. The van der Waals surface area contributed by atoms with Gasteiger partial charge in [-0.05, 0) is 11.8 Å². The van der Waals surface area contributed by atoms with Crippen LogP contribution in [0.25, 0.3) is 0 Å². The first-order valence-corrected chi connectivity index (χ1v) is 2.35. The van der Waals surface area contributed by atoms with Crippen LogP contribution in [0.2, 0.25) is 0 Å². The molecule has 0 aromatic rings. The summed E-state index contributed by atoms with van der Waals surface area (Å²) in [5, 5.41) is 0. The summed E-state index contributed by atoms with van der Waals surface area (Å²) in [7, 11) is 0. The molecule has 37 valence electrons. The van der Waals surface area contributed by atoms with Crippen molar-refractivity contribution in [2.24, 2.45) is 5.41 Å². The second-order valence-electron chi connectivity index (χ2n) is 2.81. The lowest BCUT2D eigenvalue weighted by molar-refractivity contribution is 0.419. The van der Waals surface area contributed by atoms with Crippen LogP contribution >= 0.6 is 0 Å². The van der Waals surface area contributed by atoms with Crippen molar-refractivity contribution in [2.75, 3.05) is 0 Å². The van der Waals surface area contributed by atoms with E-state index in [4.69, 9.17) is 0 Å². The quantitative estimate of drug-likeness (QED) is 0.424. The van der Waals surface area contributed by atoms with Crippen LogP contribution in [0.3, 0.4) is 0 Å². The van der Waals surface area contributed by atoms with Crippen molar-refractivity contribution in [3.8, 4) is 0 Å². The van der Waals surface area contributed by atoms with Gasteiger partial charge in [0.15, 0.2) is 0 Å². The summed E-state index contributed by atoms with van der Waals surface area (Å²) in [5.41, 5.74) is 0.431. The molecule has 0 N–H and O–H groups in total. The highest BCUT2D eigenvalue weighted by Crippen LogP contribution is 2.15. The van der Waals surface area contributed by atoms with Crippen molar-refractivity contribution in [1.29, 1.82) is 0 Å². The van der Waals surface area contributed by atoms with E-state index in [0.717, 1.165) is 6.42 Å². The molecule has 0 unspecified atom stereocenters. The molecule has 0 aromatic heterocycles. The molecule has 0 heteroatoms. The Morgan fingerprint density at radius 2 is 1.67 bits per heavy atom. The van der Waals surface area contributed by atoms with Gasteiger partial charge in [0.25, 0.3) is 0 Å². The Morgan fingerprint density at radius 1 is 1.50 bits per heavy atom. The number of hydrogen-bond acceptors (Lipinski definition) is 0. The molecule has 0 aliphatic rings. The molecule has 0 aliphatic heterocycles. The Kier molecular flexibility index (Phi) is 1.63. The predicted molar refractivity (Wildman–Crippen MR) is 30.5 cm³/mol. The Balaban J connectivity index is 0. The summed E-state index contributed by atoms with van der Waals surface area (Å²) in [6, 6.07) is 0. The molecule has 1 radical (unpaired) electrons. The molecule has 0 saturated carbocycles. The van der Waals surface area contributed by atoms with Crippen molar-refractivity contribution in [2.45, 2.75) is 27.2 Å². The second kappa shape index (κ2) is 1.63. The third-order valence-electron chi connectivity index (χ3n) is 0.750. The predicted octanol–water partition coefficient (Wildman–Crippen LogP) is 2.37. The van der Waals surface area contributed by atoms with E-state index in [2.05, 4.69) is 27.7 Å². The standard InChI is InChI=1S/C6H13/c1-5-6(2,3)4/h1,5H2,2-4H3/p+1. The van der Waals surface area contributed by atoms with Crippen LogP contribution in [-0.2, 0) is 0 Å². The third-order valence-corrected chi connectivity index (χ3v) is 0.750. The summed E-state index contributed by atoms with van der Waals surface area (Å²) in [6.07, 6.45) is 1.02. The van der Waals surface area contributed by atoms with E-state index in [1.54, 1.807) is 0 Å². The van der Waals surface area contributed by atoms with Crippen molar-refractivity contribution in [3.05, 3.63) is 6.92 Å². The van der Waals surface area contributed by atoms with Gasteiger partial charge in [0.2, 0.25) is 0 Å². The fourth-order valence-electron chi connectivity index (χ4n) is 0. The molecule has 0 fully saturated rings. The molecule has 6 heavy (non-hydrogen) atoms. The van der Waals surface area contributed by atoms with Gasteiger partial charge in [0, 0.05) is 0 Å². The smallest absolute Gasteiger partial charge is 0.0602 e. The van der Waals surface area contributed by atoms with Gasteiger partial charge in [-0.1, -0.05) is 27.7 Å². The van der Waals surface area contributed by atoms with Crippen LogP contribution < -0.4 is 0 Å². The Hall–Kier alpha value is 0. The van der Waals surface area contributed by atoms with Gasteiger partial charge in [0.05, 0.1) is 0 Å². The van der Waals surface area contributed by atoms with Crippen molar-refractivity contribution < 1.29 is 1.43 Å². The molecule has 0 spiro atoms. The molecule has 0 amide bonds. The van der Waals surface area contributed by atoms with Crippen LogP contribution in [0.5, 0.6) is 0 Å². The van der Waals surface area contributed by atoms with Crippen LogP contribution in [0, 0.1) is 12.3 Å². The lowest BCUT2D eigenvalue weighted by atomic mass is 9.94. The molecular weight excluding hydrogens is 72.1 g/mol. The van der Waals surface area contributed by atoms with Crippen LogP contribution in [0.4, 0.5) is 0 Å². The van der Waals surface area contributed by atoms with Gasteiger partial charge < -0.3 is 0 Å². The fraction of sp³-hybridized carbons (Fsp3) is 0.833. The van der Waals surface area contributed by atoms with Gasteiger partial charge in [-0.3, -0.25) is 0 Å². The zero-order valence-electron chi connectivity index (χ0n) is 5.91. The van der Waals surface area contributed by atoms with E-state index in [1.807, 2.05) is 0 Å². The Bertz CT molecular complexity index is 33.9. The monoisotopic (exact) mass is 86.1 g/mol. The van der Waals surface area contributed by atoms with E-state index >= 15 is 0 Å². The molecule has 0 rings (SSSR count). The van der Waals surface area contributed by atoms with Crippen molar-refractivity contribution in [3.63, 3.8) is 0 Å². The van der Waals surface area contributed by atoms with Crippen molar-refractivity contribution in [1.82, 2.24) is 0 Å². The summed E-state index contributed by atoms with van der Waals surface area (Å²) in [5.74, 6) is 0. The van der Waals surface area contributed by atoms with Crippen LogP contribution in [0.1, 0.15) is 28.6 Å². The highest BCUT2D eigenvalue weighted by Gasteiger charge is 2.03.